The number of hydrogen-bond acceptors (Lipinski definition) is 6. The summed E-state index contributed by atoms with van der Waals surface area (Å²) in [6, 6.07) is 8.25. The summed E-state index contributed by atoms with van der Waals surface area (Å²) in [5.41, 5.74) is 8.13. The van der Waals surface area contributed by atoms with Gasteiger partial charge in [0.1, 0.15) is 10.7 Å². The van der Waals surface area contributed by atoms with E-state index in [0.29, 0.717) is 23.4 Å². The Balaban J connectivity index is 1.76. The third-order valence-corrected chi connectivity index (χ3v) is 4.67. The summed E-state index contributed by atoms with van der Waals surface area (Å²) in [5.74, 6) is 0.986. The molecule has 0 spiro atoms. The van der Waals surface area contributed by atoms with Crippen LogP contribution >= 0.6 is 11.3 Å². The SMILES string of the molecule is CC(C)c1ccc(-c2nc(C(=O)Nc3nc(CN)nn3C)cs2)cc1. The highest BCUT2D eigenvalue weighted by Gasteiger charge is 2.15. The third kappa shape index (κ3) is 3.75. The number of nitrogens with one attached hydrogen (secondary N) is 1. The Labute approximate surface area is 149 Å². The topological polar surface area (TPSA) is 98.7 Å². The first kappa shape index (κ1) is 17.2. The van der Waals surface area contributed by atoms with E-state index in [4.69, 9.17) is 5.73 Å². The third-order valence-electron chi connectivity index (χ3n) is 3.78. The summed E-state index contributed by atoms with van der Waals surface area (Å²) in [4.78, 5) is 21.0. The van der Waals surface area contributed by atoms with Crippen molar-refractivity contribution < 1.29 is 4.79 Å². The Morgan fingerprint density at radius 2 is 2.00 bits per heavy atom. The minimum Gasteiger partial charge on any atom is -0.324 e. The summed E-state index contributed by atoms with van der Waals surface area (Å²) in [5, 5.41) is 9.35. The predicted octanol–water partition coefficient (Wildman–Crippen LogP) is 2.77. The maximum atomic E-state index is 12.4. The number of anilines is 1. The molecule has 0 saturated carbocycles. The highest BCUT2D eigenvalue weighted by atomic mass is 32.1. The number of rotatable bonds is 5. The molecule has 3 N–H and O–H groups in total. The number of thiazole rings is 1. The van der Waals surface area contributed by atoms with E-state index >= 15 is 0 Å². The molecule has 0 fully saturated rings. The maximum Gasteiger partial charge on any atom is 0.277 e. The van der Waals surface area contributed by atoms with Crippen molar-refractivity contribution in [3.05, 3.63) is 46.7 Å². The highest BCUT2D eigenvalue weighted by Crippen LogP contribution is 2.26. The number of benzene rings is 1. The molecule has 0 saturated heterocycles. The maximum absolute atomic E-state index is 12.4. The van der Waals surface area contributed by atoms with E-state index in [0.717, 1.165) is 10.6 Å². The van der Waals surface area contributed by atoms with Crippen LogP contribution in [0.4, 0.5) is 5.95 Å². The van der Waals surface area contributed by atoms with Crippen molar-refractivity contribution in [2.75, 3.05) is 5.32 Å². The summed E-state index contributed by atoms with van der Waals surface area (Å²) in [7, 11) is 1.70. The number of hydrogen-bond donors (Lipinski definition) is 2. The summed E-state index contributed by atoms with van der Waals surface area (Å²) in [6.45, 7) is 4.53. The monoisotopic (exact) mass is 356 g/mol. The molecule has 1 amide bonds. The largest absolute Gasteiger partial charge is 0.324 e. The average Bonchev–Trinajstić information content (AvgIpc) is 3.22. The molecule has 3 rings (SSSR count). The van der Waals surface area contributed by atoms with E-state index in [2.05, 4.69) is 46.4 Å². The standard InChI is InChI=1S/C17H20N6OS/c1-10(2)11-4-6-12(7-5-11)16-19-13(9-25-16)15(24)21-17-20-14(8-18)22-23(17)3/h4-7,9-10H,8,18H2,1-3H3,(H,20,21,22,24). The Morgan fingerprint density at radius 3 is 2.60 bits per heavy atom. The Hall–Kier alpha value is -2.58. The minimum atomic E-state index is -0.319. The molecule has 1 aromatic carbocycles. The number of nitrogens with two attached hydrogens (primary N) is 1. The van der Waals surface area contributed by atoms with Gasteiger partial charge in [-0.2, -0.15) is 10.1 Å². The van der Waals surface area contributed by atoms with Gasteiger partial charge in [-0.15, -0.1) is 11.3 Å². The molecule has 0 aliphatic carbocycles. The first-order valence-corrected chi connectivity index (χ1v) is 8.83. The molecule has 0 aliphatic rings. The first-order valence-electron chi connectivity index (χ1n) is 7.95. The fourth-order valence-corrected chi connectivity index (χ4v) is 3.13. The van der Waals surface area contributed by atoms with Crippen molar-refractivity contribution in [2.24, 2.45) is 12.8 Å². The van der Waals surface area contributed by atoms with Crippen LogP contribution in [-0.2, 0) is 13.6 Å². The van der Waals surface area contributed by atoms with Crippen molar-refractivity contribution in [2.45, 2.75) is 26.3 Å². The lowest BCUT2D eigenvalue weighted by atomic mass is 10.0. The molecular formula is C17H20N6OS. The lowest BCUT2D eigenvalue weighted by Crippen LogP contribution is -2.15. The average molecular weight is 356 g/mol. The van der Waals surface area contributed by atoms with Crippen LogP contribution in [0.25, 0.3) is 10.6 Å². The zero-order valence-corrected chi connectivity index (χ0v) is 15.2. The second-order valence-corrected chi connectivity index (χ2v) is 6.81. The second kappa shape index (κ2) is 7.12. The van der Waals surface area contributed by atoms with Crippen LogP contribution in [0.3, 0.4) is 0 Å². The molecule has 2 heterocycles. The highest BCUT2D eigenvalue weighted by molar-refractivity contribution is 7.13. The van der Waals surface area contributed by atoms with Gasteiger partial charge < -0.3 is 5.73 Å². The molecule has 0 unspecified atom stereocenters. The number of carbonyl (C=O) groups excluding carboxylic acids is 1. The van der Waals surface area contributed by atoms with E-state index in [1.807, 2.05) is 12.1 Å². The van der Waals surface area contributed by atoms with Gasteiger partial charge in [-0.25, -0.2) is 9.67 Å². The van der Waals surface area contributed by atoms with E-state index in [-0.39, 0.29) is 12.5 Å². The summed E-state index contributed by atoms with van der Waals surface area (Å²) in [6.07, 6.45) is 0. The number of carbonyl (C=O) groups is 1. The van der Waals surface area contributed by atoms with Crippen molar-refractivity contribution in [1.29, 1.82) is 0 Å². The van der Waals surface area contributed by atoms with Gasteiger partial charge in [-0.1, -0.05) is 38.1 Å². The van der Waals surface area contributed by atoms with E-state index < -0.39 is 0 Å². The number of nitrogens with zero attached hydrogens (tertiary/aromatic N) is 4. The normalized spacial score (nSPS) is 11.1. The molecule has 3 aromatic rings. The van der Waals surface area contributed by atoms with Crippen LogP contribution in [0, 0.1) is 0 Å². The minimum absolute atomic E-state index is 0.219. The predicted molar refractivity (Wildman–Crippen MR) is 98.5 cm³/mol. The quantitative estimate of drug-likeness (QED) is 0.732. The molecule has 0 aliphatic heterocycles. The molecule has 2 aromatic heterocycles. The zero-order chi connectivity index (χ0) is 18.0. The first-order chi connectivity index (χ1) is 12.0. The number of aryl methyl sites for hydroxylation is 1. The van der Waals surface area contributed by atoms with Gasteiger partial charge in [0.2, 0.25) is 5.95 Å². The summed E-state index contributed by atoms with van der Waals surface area (Å²) >= 11 is 1.43. The van der Waals surface area contributed by atoms with Gasteiger partial charge >= 0.3 is 0 Å². The van der Waals surface area contributed by atoms with Crippen LogP contribution in [0.5, 0.6) is 0 Å². The lowest BCUT2D eigenvalue weighted by molar-refractivity contribution is 0.102. The van der Waals surface area contributed by atoms with Crippen molar-refractivity contribution >= 4 is 23.2 Å². The smallest absolute Gasteiger partial charge is 0.277 e. The van der Waals surface area contributed by atoms with Crippen molar-refractivity contribution in [1.82, 2.24) is 19.7 Å². The van der Waals surface area contributed by atoms with Gasteiger partial charge in [-0.05, 0) is 11.5 Å². The van der Waals surface area contributed by atoms with Crippen LogP contribution < -0.4 is 11.1 Å². The van der Waals surface area contributed by atoms with Crippen LogP contribution in [-0.4, -0.2) is 25.7 Å². The number of aromatic nitrogens is 4. The van der Waals surface area contributed by atoms with E-state index in [1.165, 1.54) is 21.6 Å². The van der Waals surface area contributed by atoms with Crippen molar-refractivity contribution in [3.63, 3.8) is 0 Å². The molecule has 7 nitrogen and oxygen atoms in total. The molecule has 130 valence electrons. The Bertz CT molecular complexity index is 881. The molecule has 25 heavy (non-hydrogen) atoms. The molecule has 0 atom stereocenters. The number of amides is 1. The van der Waals surface area contributed by atoms with E-state index in [1.54, 1.807) is 12.4 Å². The van der Waals surface area contributed by atoms with Gasteiger partial charge in [0, 0.05) is 18.0 Å². The van der Waals surface area contributed by atoms with Crippen LogP contribution in [0.1, 0.15) is 41.6 Å². The fourth-order valence-electron chi connectivity index (χ4n) is 2.32. The lowest BCUT2D eigenvalue weighted by Gasteiger charge is -2.05. The van der Waals surface area contributed by atoms with Gasteiger partial charge in [-0.3, -0.25) is 10.1 Å². The zero-order valence-electron chi connectivity index (χ0n) is 14.4. The van der Waals surface area contributed by atoms with Gasteiger partial charge in [0.25, 0.3) is 5.91 Å². The fraction of sp³-hybridized carbons (Fsp3) is 0.294. The molecule has 0 radical (unpaired) electrons. The molecule has 0 bridgehead atoms. The second-order valence-electron chi connectivity index (χ2n) is 5.95. The van der Waals surface area contributed by atoms with E-state index in [9.17, 15) is 4.79 Å². The van der Waals surface area contributed by atoms with Crippen LogP contribution in [0.15, 0.2) is 29.6 Å². The summed E-state index contributed by atoms with van der Waals surface area (Å²) < 4.78 is 1.48. The molecular weight excluding hydrogens is 336 g/mol. The van der Waals surface area contributed by atoms with Gasteiger partial charge in [0.05, 0.1) is 6.54 Å². The molecule has 8 heteroatoms. The Morgan fingerprint density at radius 1 is 1.28 bits per heavy atom. The Kier molecular flexibility index (Phi) is 4.91. The van der Waals surface area contributed by atoms with Gasteiger partial charge in [0.15, 0.2) is 5.82 Å². The van der Waals surface area contributed by atoms with Crippen LogP contribution in [0.2, 0.25) is 0 Å². The van der Waals surface area contributed by atoms with Crippen molar-refractivity contribution in [3.8, 4) is 10.6 Å².